The fourth-order valence-electron chi connectivity index (χ4n) is 3.20. The van der Waals surface area contributed by atoms with Crippen LogP contribution in [0.1, 0.15) is 26.2 Å². The molecule has 26 heavy (non-hydrogen) atoms. The smallest absolute Gasteiger partial charge is 0.248 e. The van der Waals surface area contributed by atoms with Crippen LogP contribution in [-0.2, 0) is 4.79 Å². The first-order valence-corrected chi connectivity index (χ1v) is 9.52. The van der Waals surface area contributed by atoms with Crippen LogP contribution in [0.25, 0.3) is 16.9 Å². The number of alkyl halides is 2. The lowest BCUT2D eigenvalue weighted by Gasteiger charge is -2.34. The predicted molar refractivity (Wildman–Crippen MR) is 98.3 cm³/mol. The highest BCUT2D eigenvalue weighted by molar-refractivity contribution is 7.99. The molecule has 2 aromatic rings. The SMILES string of the molecule is CCSc1ccc2nc(NC(=O)CC3CC(F)(F)C3)n(C3=CC=C3)c2n1. The van der Waals surface area contributed by atoms with E-state index in [9.17, 15) is 13.6 Å². The molecular formula is C18H18F2N4OS. The number of carbonyl (C=O) groups excluding carboxylic acids is 1. The number of thioether (sulfide) groups is 1. The molecule has 0 atom stereocenters. The number of nitrogens with one attached hydrogen (secondary N) is 1. The van der Waals surface area contributed by atoms with E-state index in [1.54, 1.807) is 16.3 Å². The highest BCUT2D eigenvalue weighted by Gasteiger charge is 2.45. The summed E-state index contributed by atoms with van der Waals surface area (Å²) < 4.78 is 27.7. The highest BCUT2D eigenvalue weighted by Crippen LogP contribution is 2.44. The van der Waals surface area contributed by atoms with Gasteiger partial charge in [0, 0.05) is 19.3 Å². The van der Waals surface area contributed by atoms with Gasteiger partial charge in [0.2, 0.25) is 17.8 Å². The molecule has 0 unspecified atom stereocenters. The number of allylic oxidation sites excluding steroid dienone is 4. The number of hydrogen-bond donors (Lipinski definition) is 1. The zero-order chi connectivity index (χ0) is 18.3. The van der Waals surface area contributed by atoms with Crippen molar-refractivity contribution in [3.8, 4) is 0 Å². The molecule has 2 aliphatic carbocycles. The van der Waals surface area contributed by atoms with Gasteiger partial charge in [-0.25, -0.2) is 18.7 Å². The maximum Gasteiger partial charge on any atom is 0.248 e. The number of imidazole rings is 1. The van der Waals surface area contributed by atoms with Gasteiger partial charge in [0.1, 0.15) is 5.52 Å². The third kappa shape index (κ3) is 3.25. The lowest BCUT2D eigenvalue weighted by molar-refractivity contribution is -0.129. The quantitative estimate of drug-likeness (QED) is 0.763. The minimum Gasteiger partial charge on any atom is -0.296 e. The van der Waals surface area contributed by atoms with Gasteiger partial charge in [0.15, 0.2) is 5.65 Å². The van der Waals surface area contributed by atoms with E-state index in [2.05, 4.69) is 22.2 Å². The maximum atomic E-state index is 13.0. The largest absolute Gasteiger partial charge is 0.296 e. The molecule has 0 bridgehead atoms. The summed E-state index contributed by atoms with van der Waals surface area (Å²) in [7, 11) is 0. The van der Waals surface area contributed by atoms with Crippen LogP contribution < -0.4 is 5.32 Å². The van der Waals surface area contributed by atoms with Crippen LogP contribution in [0.5, 0.6) is 0 Å². The molecule has 2 heterocycles. The molecule has 4 rings (SSSR count). The van der Waals surface area contributed by atoms with E-state index in [1.165, 1.54) is 0 Å². The zero-order valence-electron chi connectivity index (χ0n) is 14.2. The number of aromatic nitrogens is 3. The summed E-state index contributed by atoms with van der Waals surface area (Å²) >= 11 is 1.63. The summed E-state index contributed by atoms with van der Waals surface area (Å²) in [6.07, 6.45) is 5.36. The Morgan fingerprint density at radius 2 is 2.15 bits per heavy atom. The first kappa shape index (κ1) is 17.2. The van der Waals surface area contributed by atoms with Gasteiger partial charge in [0.05, 0.1) is 10.7 Å². The molecule has 2 aliphatic rings. The zero-order valence-corrected chi connectivity index (χ0v) is 15.0. The number of pyridine rings is 1. The van der Waals surface area contributed by atoms with Crippen molar-refractivity contribution >= 4 is 40.5 Å². The molecule has 1 saturated carbocycles. The van der Waals surface area contributed by atoms with Crippen LogP contribution in [0.4, 0.5) is 14.7 Å². The normalized spacial score (nSPS) is 18.3. The number of halogens is 2. The minimum atomic E-state index is -2.61. The standard InChI is InChI=1S/C18H18F2N4OS/c1-2-26-15-7-6-13-16(23-15)24(12-4-3-5-12)17(21-13)22-14(25)8-11-9-18(19,20)10-11/h3-7,11H,2,8-10H2,1H3,(H,21,22,25). The molecule has 136 valence electrons. The second-order valence-corrected chi connectivity index (χ2v) is 7.81. The first-order chi connectivity index (χ1) is 12.4. The average molecular weight is 376 g/mol. The summed E-state index contributed by atoms with van der Waals surface area (Å²) in [4.78, 5) is 21.4. The summed E-state index contributed by atoms with van der Waals surface area (Å²) in [5.74, 6) is -1.90. The molecule has 1 amide bonds. The number of carbonyl (C=O) groups is 1. The van der Waals surface area contributed by atoms with Gasteiger partial charge in [-0.2, -0.15) is 0 Å². The number of hydrogen-bond acceptors (Lipinski definition) is 4. The Labute approximate surface area is 153 Å². The van der Waals surface area contributed by atoms with Crippen molar-refractivity contribution in [1.82, 2.24) is 14.5 Å². The number of fused-ring (bicyclic) bond motifs is 1. The van der Waals surface area contributed by atoms with Crippen molar-refractivity contribution in [1.29, 1.82) is 0 Å². The molecule has 0 aromatic carbocycles. The topological polar surface area (TPSA) is 59.8 Å². The first-order valence-electron chi connectivity index (χ1n) is 8.54. The van der Waals surface area contributed by atoms with E-state index in [-0.39, 0.29) is 31.1 Å². The molecule has 0 aliphatic heterocycles. The van der Waals surface area contributed by atoms with Gasteiger partial charge < -0.3 is 0 Å². The molecule has 1 N–H and O–H groups in total. The van der Waals surface area contributed by atoms with Crippen molar-refractivity contribution in [2.45, 2.75) is 37.1 Å². The summed E-state index contributed by atoms with van der Waals surface area (Å²) in [5.41, 5.74) is 2.23. The lowest BCUT2D eigenvalue weighted by atomic mass is 9.79. The van der Waals surface area contributed by atoms with Gasteiger partial charge in [-0.15, -0.1) is 11.8 Å². The Hall–Kier alpha value is -2.22. The molecule has 8 heteroatoms. The fraction of sp³-hybridized carbons (Fsp3) is 0.389. The van der Waals surface area contributed by atoms with Crippen molar-refractivity contribution in [2.75, 3.05) is 11.1 Å². The summed E-state index contributed by atoms with van der Waals surface area (Å²) in [6.45, 7) is 2.06. The Bertz CT molecular complexity index is 927. The van der Waals surface area contributed by atoms with Crippen LogP contribution in [0.15, 0.2) is 35.4 Å². The van der Waals surface area contributed by atoms with E-state index < -0.39 is 5.92 Å². The number of nitrogens with zero attached hydrogens (tertiary/aromatic N) is 3. The number of anilines is 1. The van der Waals surface area contributed by atoms with Crippen molar-refractivity contribution < 1.29 is 13.6 Å². The van der Waals surface area contributed by atoms with Gasteiger partial charge in [-0.05, 0) is 36.0 Å². The summed E-state index contributed by atoms with van der Waals surface area (Å²) in [6, 6.07) is 3.78. The van der Waals surface area contributed by atoms with Gasteiger partial charge in [-0.1, -0.05) is 13.0 Å². The molecule has 0 radical (unpaired) electrons. The van der Waals surface area contributed by atoms with E-state index >= 15 is 0 Å². The molecule has 5 nitrogen and oxygen atoms in total. The Morgan fingerprint density at radius 3 is 2.77 bits per heavy atom. The van der Waals surface area contributed by atoms with E-state index in [0.717, 1.165) is 16.5 Å². The second kappa shape index (κ2) is 6.50. The van der Waals surface area contributed by atoms with E-state index in [0.29, 0.717) is 17.1 Å². The fourth-order valence-corrected chi connectivity index (χ4v) is 3.81. The van der Waals surface area contributed by atoms with Crippen molar-refractivity contribution in [2.24, 2.45) is 5.92 Å². The van der Waals surface area contributed by atoms with Gasteiger partial charge in [0.25, 0.3) is 0 Å². The Morgan fingerprint density at radius 1 is 1.38 bits per heavy atom. The molecule has 2 aromatic heterocycles. The third-order valence-electron chi connectivity index (χ3n) is 4.46. The van der Waals surface area contributed by atoms with Crippen LogP contribution >= 0.6 is 11.8 Å². The highest BCUT2D eigenvalue weighted by atomic mass is 32.2. The van der Waals surface area contributed by atoms with Gasteiger partial charge in [-0.3, -0.25) is 14.7 Å². The second-order valence-electron chi connectivity index (χ2n) is 6.53. The predicted octanol–water partition coefficient (Wildman–Crippen LogP) is 4.33. The molecular weight excluding hydrogens is 358 g/mol. The van der Waals surface area contributed by atoms with Crippen LogP contribution in [0.3, 0.4) is 0 Å². The molecule has 0 saturated heterocycles. The Kier molecular flexibility index (Phi) is 4.30. The van der Waals surface area contributed by atoms with Crippen LogP contribution in [0.2, 0.25) is 0 Å². The van der Waals surface area contributed by atoms with Crippen LogP contribution in [-0.4, -0.2) is 32.1 Å². The van der Waals surface area contributed by atoms with E-state index in [4.69, 9.17) is 0 Å². The number of amides is 1. The number of rotatable bonds is 6. The monoisotopic (exact) mass is 376 g/mol. The van der Waals surface area contributed by atoms with Crippen molar-refractivity contribution in [3.63, 3.8) is 0 Å². The maximum absolute atomic E-state index is 13.0. The van der Waals surface area contributed by atoms with Gasteiger partial charge >= 0.3 is 0 Å². The van der Waals surface area contributed by atoms with Crippen LogP contribution in [0, 0.1) is 5.92 Å². The third-order valence-corrected chi connectivity index (χ3v) is 5.28. The van der Waals surface area contributed by atoms with E-state index in [1.807, 2.05) is 30.4 Å². The molecule has 0 spiro atoms. The summed E-state index contributed by atoms with van der Waals surface area (Å²) in [5, 5.41) is 3.66. The lowest BCUT2D eigenvalue weighted by Crippen LogP contribution is -2.37. The van der Waals surface area contributed by atoms with Crippen molar-refractivity contribution in [3.05, 3.63) is 30.4 Å². The minimum absolute atomic E-state index is 0.0814. The Balaban J connectivity index is 1.58. The molecule has 1 fully saturated rings. The average Bonchev–Trinajstić information content (AvgIpc) is 2.82.